The Labute approximate surface area is 125 Å². The molecule has 0 spiro atoms. The van der Waals surface area contributed by atoms with E-state index in [1.807, 2.05) is 0 Å². The molecule has 0 aromatic carbocycles. The maximum Gasteiger partial charge on any atom is 0.412 e. The number of rotatable bonds is 2. The van der Waals surface area contributed by atoms with Crippen molar-refractivity contribution in [2.24, 2.45) is 0 Å². The number of hydrogen-bond donors (Lipinski definition) is 2. The summed E-state index contributed by atoms with van der Waals surface area (Å²) in [7, 11) is 0. The standard InChI is InChI=1S/C14H16FN3O4/c1-7-9(12(19)20)11-10(15)8(5-6-18(11)17-7)16-13(21)22-14(2,3)4/h5-6H,1-4H3,(H,16,21)(H,19,20). The Hall–Kier alpha value is -2.64. The summed E-state index contributed by atoms with van der Waals surface area (Å²) < 4.78 is 20.7. The lowest BCUT2D eigenvalue weighted by Gasteiger charge is -2.19. The first-order valence-electron chi connectivity index (χ1n) is 6.51. The molecule has 8 heteroatoms. The second kappa shape index (κ2) is 5.28. The fourth-order valence-corrected chi connectivity index (χ4v) is 1.98. The maximum atomic E-state index is 14.5. The van der Waals surface area contributed by atoms with Crippen LogP contribution in [0, 0.1) is 12.7 Å². The number of pyridine rings is 1. The Morgan fingerprint density at radius 2 is 2.05 bits per heavy atom. The maximum absolute atomic E-state index is 14.5. The molecule has 0 bridgehead atoms. The lowest BCUT2D eigenvalue weighted by Crippen LogP contribution is -2.27. The molecule has 2 N–H and O–H groups in total. The summed E-state index contributed by atoms with van der Waals surface area (Å²) in [6.45, 7) is 6.50. The number of carboxylic acids is 1. The van der Waals surface area contributed by atoms with Crippen LogP contribution in [0.5, 0.6) is 0 Å². The van der Waals surface area contributed by atoms with E-state index in [2.05, 4.69) is 10.4 Å². The topological polar surface area (TPSA) is 92.9 Å². The molecule has 0 aliphatic rings. The van der Waals surface area contributed by atoms with Crippen molar-refractivity contribution in [3.8, 4) is 0 Å². The quantitative estimate of drug-likeness (QED) is 0.889. The van der Waals surface area contributed by atoms with Crippen LogP contribution in [0.3, 0.4) is 0 Å². The van der Waals surface area contributed by atoms with Crippen LogP contribution in [-0.2, 0) is 4.74 Å². The predicted molar refractivity (Wildman–Crippen MR) is 76.7 cm³/mol. The average molecular weight is 309 g/mol. The van der Waals surface area contributed by atoms with E-state index in [0.29, 0.717) is 0 Å². The molecule has 2 aromatic rings. The highest BCUT2D eigenvalue weighted by Gasteiger charge is 2.23. The van der Waals surface area contributed by atoms with Gasteiger partial charge in [-0.25, -0.2) is 18.5 Å². The van der Waals surface area contributed by atoms with Gasteiger partial charge in [-0.05, 0) is 33.8 Å². The zero-order valence-electron chi connectivity index (χ0n) is 12.6. The van der Waals surface area contributed by atoms with Gasteiger partial charge >= 0.3 is 12.1 Å². The number of amides is 1. The van der Waals surface area contributed by atoms with Gasteiger partial charge in [0.25, 0.3) is 0 Å². The third-order valence-corrected chi connectivity index (χ3v) is 2.76. The molecule has 2 heterocycles. The molecule has 2 rings (SSSR count). The Bertz CT molecular complexity index is 762. The Morgan fingerprint density at radius 3 is 2.59 bits per heavy atom. The van der Waals surface area contributed by atoms with E-state index < -0.39 is 23.5 Å². The number of carbonyl (C=O) groups excluding carboxylic acids is 1. The number of halogens is 1. The fourth-order valence-electron chi connectivity index (χ4n) is 1.98. The zero-order valence-corrected chi connectivity index (χ0v) is 12.6. The van der Waals surface area contributed by atoms with Gasteiger partial charge in [-0.15, -0.1) is 0 Å². The number of anilines is 1. The van der Waals surface area contributed by atoms with Crippen molar-refractivity contribution in [3.05, 3.63) is 29.3 Å². The number of aromatic carboxylic acids is 1. The third-order valence-electron chi connectivity index (χ3n) is 2.76. The number of fused-ring (bicyclic) bond motifs is 1. The largest absolute Gasteiger partial charge is 0.478 e. The van der Waals surface area contributed by atoms with Gasteiger partial charge in [-0.2, -0.15) is 5.10 Å². The van der Waals surface area contributed by atoms with Gasteiger partial charge in [0.15, 0.2) is 5.82 Å². The number of nitrogens with zero attached hydrogens (tertiary/aromatic N) is 2. The third kappa shape index (κ3) is 3.00. The van der Waals surface area contributed by atoms with Gasteiger partial charge in [0, 0.05) is 6.20 Å². The normalized spacial score (nSPS) is 11.5. The van der Waals surface area contributed by atoms with Gasteiger partial charge in [0.2, 0.25) is 0 Å². The van der Waals surface area contributed by atoms with E-state index in [1.165, 1.54) is 19.2 Å². The van der Waals surface area contributed by atoms with Crippen molar-refractivity contribution in [2.75, 3.05) is 5.32 Å². The number of hydrogen-bond acceptors (Lipinski definition) is 4. The molecule has 0 fully saturated rings. The zero-order chi connectivity index (χ0) is 16.7. The fraction of sp³-hybridized carbons (Fsp3) is 0.357. The summed E-state index contributed by atoms with van der Waals surface area (Å²) in [5.41, 5.74) is -1.18. The molecular formula is C14H16FN3O4. The summed E-state index contributed by atoms with van der Waals surface area (Å²) in [5.74, 6) is -2.17. The number of ether oxygens (including phenoxy) is 1. The molecule has 2 aromatic heterocycles. The van der Waals surface area contributed by atoms with Crippen LogP contribution in [0.2, 0.25) is 0 Å². The van der Waals surface area contributed by atoms with Gasteiger partial charge in [0.1, 0.15) is 16.7 Å². The van der Waals surface area contributed by atoms with Crippen LogP contribution in [0.25, 0.3) is 5.52 Å². The van der Waals surface area contributed by atoms with Crippen LogP contribution in [0.4, 0.5) is 14.9 Å². The predicted octanol–water partition coefficient (Wildman–Crippen LogP) is 2.83. The Kier molecular flexibility index (Phi) is 3.78. The monoisotopic (exact) mass is 309 g/mol. The number of aromatic nitrogens is 2. The highest BCUT2D eigenvalue weighted by molar-refractivity contribution is 5.98. The van der Waals surface area contributed by atoms with Gasteiger partial charge < -0.3 is 9.84 Å². The summed E-state index contributed by atoms with van der Waals surface area (Å²) >= 11 is 0. The molecule has 22 heavy (non-hydrogen) atoms. The Balaban J connectivity index is 2.45. The molecule has 0 aliphatic heterocycles. The summed E-state index contributed by atoms with van der Waals surface area (Å²) in [6.07, 6.45) is 0.536. The first-order valence-corrected chi connectivity index (χ1v) is 6.51. The van der Waals surface area contributed by atoms with Crippen LogP contribution in [0.15, 0.2) is 12.3 Å². The van der Waals surface area contributed by atoms with Crippen LogP contribution in [-0.4, -0.2) is 32.4 Å². The first-order chi connectivity index (χ1) is 10.1. The van der Waals surface area contributed by atoms with Crippen molar-refractivity contribution >= 4 is 23.3 Å². The molecule has 118 valence electrons. The molecule has 0 saturated carbocycles. The molecule has 7 nitrogen and oxygen atoms in total. The molecule has 0 saturated heterocycles. The Morgan fingerprint density at radius 1 is 1.41 bits per heavy atom. The lowest BCUT2D eigenvalue weighted by molar-refractivity contribution is 0.0633. The van der Waals surface area contributed by atoms with Crippen molar-refractivity contribution in [1.82, 2.24) is 9.61 Å². The smallest absolute Gasteiger partial charge is 0.412 e. The minimum atomic E-state index is -1.29. The van der Waals surface area contributed by atoms with Gasteiger partial charge in [-0.3, -0.25) is 5.32 Å². The minimum Gasteiger partial charge on any atom is -0.478 e. The molecule has 0 unspecified atom stereocenters. The van der Waals surface area contributed by atoms with Crippen LogP contribution in [0.1, 0.15) is 36.8 Å². The average Bonchev–Trinajstić information content (AvgIpc) is 2.67. The number of aryl methyl sites for hydroxylation is 1. The highest BCUT2D eigenvalue weighted by Crippen LogP contribution is 2.25. The summed E-state index contributed by atoms with van der Waals surface area (Å²) in [6, 6.07) is 1.28. The molecular weight excluding hydrogens is 293 g/mol. The van der Waals surface area contributed by atoms with Crippen LogP contribution >= 0.6 is 0 Å². The molecule has 0 atom stereocenters. The van der Waals surface area contributed by atoms with Crippen molar-refractivity contribution in [3.63, 3.8) is 0 Å². The highest BCUT2D eigenvalue weighted by atomic mass is 19.1. The van der Waals surface area contributed by atoms with E-state index >= 15 is 0 Å². The summed E-state index contributed by atoms with van der Waals surface area (Å²) in [4.78, 5) is 22.9. The molecule has 0 aliphatic carbocycles. The van der Waals surface area contributed by atoms with Gasteiger partial charge in [-0.1, -0.05) is 0 Å². The van der Waals surface area contributed by atoms with Crippen molar-refractivity contribution in [2.45, 2.75) is 33.3 Å². The van der Waals surface area contributed by atoms with E-state index in [4.69, 9.17) is 4.74 Å². The van der Waals surface area contributed by atoms with Crippen molar-refractivity contribution < 1.29 is 23.8 Å². The van der Waals surface area contributed by atoms with Crippen molar-refractivity contribution in [1.29, 1.82) is 0 Å². The van der Waals surface area contributed by atoms with E-state index in [0.717, 1.165) is 4.52 Å². The second-order valence-corrected chi connectivity index (χ2v) is 5.73. The molecule has 1 amide bonds. The summed E-state index contributed by atoms with van der Waals surface area (Å²) in [5, 5.41) is 15.4. The SMILES string of the molecule is Cc1nn2ccc(NC(=O)OC(C)(C)C)c(F)c2c1C(=O)O. The van der Waals surface area contributed by atoms with E-state index in [1.54, 1.807) is 20.8 Å². The number of carboxylic acid groups (broad SMARTS) is 1. The molecule has 0 radical (unpaired) electrons. The first kappa shape index (κ1) is 15.7. The number of nitrogens with one attached hydrogen (secondary N) is 1. The lowest BCUT2D eigenvalue weighted by atomic mass is 10.2. The van der Waals surface area contributed by atoms with E-state index in [9.17, 15) is 19.1 Å². The van der Waals surface area contributed by atoms with E-state index in [-0.39, 0.29) is 22.5 Å². The number of carbonyl (C=O) groups is 2. The van der Waals surface area contributed by atoms with Gasteiger partial charge in [0.05, 0.1) is 11.4 Å². The second-order valence-electron chi connectivity index (χ2n) is 5.73. The van der Waals surface area contributed by atoms with Crippen LogP contribution < -0.4 is 5.32 Å². The minimum absolute atomic E-state index is 0.177.